The zero-order valence-corrected chi connectivity index (χ0v) is 6.93. The zero-order valence-electron chi connectivity index (χ0n) is 6.93. The molecule has 66 valence electrons. The number of rotatable bonds is 1. The first-order valence-electron chi connectivity index (χ1n) is 3.71. The predicted octanol–water partition coefficient (Wildman–Crippen LogP) is 1.15. The Balaban J connectivity index is 2.52. The molecular formula is C8H7N3O2. The molecule has 13 heavy (non-hydrogen) atoms. The standard InChI is InChI=1S/C8H7N3O2/c1-5-10-8(13-11-5)6-2-3-9-4-7(6)12/h2-4,12H,1H3. The van der Waals surface area contributed by atoms with Crippen LogP contribution in [0.25, 0.3) is 11.5 Å². The van der Waals surface area contributed by atoms with Gasteiger partial charge >= 0.3 is 0 Å². The van der Waals surface area contributed by atoms with E-state index < -0.39 is 0 Å². The Bertz CT molecular complexity index is 425. The van der Waals surface area contributed by atoms with Gasteiger partial charge in [-0.15, -0.1) is 0 Å². The highest BCUT2D eigenvalue weighted by Gasteiger charge is 2.09. The number of hydrogen-bond acceptors (Lipinski definition) is 5. The third-order valence-electron chi connectivity index (χ3n) is 1.56. The summed E-state index contributed by atoms with van der Waals surface area (Å²) in [6.07, 6.45) is 2.88. The maximum absolute atomic E-state index is 9.38. The van der Waals surface area contributed by atoms with Gasteiger partial charge in [-0.05, 0) is 13.0 Å². The van der Waals surface area contributed by atoms with E-state index in [0.29, 0.717) is 17.3 Å². The number of aromatic nitrogens is 3. The molecule has 2 heterocycles. The van der Waals surface area contributed by atoms with Crippen molar-refractivity contribution in [3.8, 4) is 17.2 Å². The van der Waals surface area contributed by atoms with Crippen LogP contribution in [-0.4, -0.2) is 20.2 Å². The van der Waals surface area contributed by atoms with Gasteiger partial charge in [-0.25, -0.2) is 0 Å². The number of aromatic hydroxyl groups is 1. The fourth-order valence-electron chi connectivity index (χ4n) is 0.973. The maximum Gasteiger partial charge on any atom is 0.261 e. The average molecular weight is 177 g/mol. The average Bonchev–Trinajstić information content (AvgIpc) is 2.53. The molecular weight excluding hydrogens is 170 g/mol. The Morgan fingerprint density at radius 2 is 2.31 bits per heavy atom. The van der Waals surface area contributed by atoms with Crippen molar-refractivity contribution in [3.63, 3.8) is 0 Å². The second kappa shape index (κ2) is 2.85. The van der Waals surface area contributed by atoms with Gasteiger partial charge in [0.15, 0.2) is 5.82 Å². The van der Waals surface area contributed by atoms with Crippen LogP contribution in [0.2, 0.25) is 0 Å². The minimum atomic E-state index is 0.0335. The van der Waals surface area contributed by atoms with Crippen molar-refractivity contribution in [3.05, 3.63) is 24.3 Å². The summed E-state index contributed by atoms with van der Waals surface area (Å²) < 4.78 is 4.88. The third-order valence-corrected chi connectivity index (χ3v) is 1.56. The van der Waals surface area contributed by atoms with E-state index in [-0.39, 0.29) is 5.75 Å². The largest absolute Gasteiger partial charge is 0.505 e. The SMILES string of the molecule is Cc1noc(-c2ccncc2O)n1. The molecule has 0 saturated heterocycles. The van der Waals surface area contributed by atoms with E-state index in [1.54, 1.807) is 19.2 Å². The minimum absolute atomic E-state index is 0.0335. The minimum Gasteiger partial charge on any atom is -0.505 e. The summed E-state index contributed by atoms with van der Waals surface area (Å²) in [6.45, 7) is 1.71. The van der Waals surface area contributed by atoms with Crippen molar-refractivity contribution >= 4 is 0 Å². The summed E-state index contributed by atoms with van der Waals surface area (Å²) in [5.74, 6) is 0.870. The van der Waals surface area contributed by atoms with Gasteiger partial charge in [0.05, 0.1) is 11.8 Å². The highest BCUT2D eigenvalue weighted by atomic mass is 16.5. The lowest BCUT2D eigenvalue weighted by molar-refractivity contribution is 0.419. The molecule has 0 unspecified atom stereocenters. The first kappa shape index (κ1) is 7.72. The molecule has 5 heteroatoms. The van der Waals surface area contributed by atoms with Crippen LogP contribution in [-0.2, 0) is 0 Å². The molecule has 0 atom stereocenters. The maximum atomic E-state index is 9.38. The predicted molar refractivity (Wildman–Crippen MR) is 43.9 cm³/mol. The monoisotopic (exact) mass is 177 g/mol. The quantitative estimate of drug-likeness (QED) is 0.707. The van der Waals surface area contributed by atoms with Crippen LogP contribution in [0.1, 0.15) is 5.82 Å². The summed E-state index contributed by atoms with van der Waals surface area (Å²) in [4.78, 5) is 7.71. The number of pyridine rings is 1. The summed E-state index contributed by atoms with van der Waals surface area (Å²) in [7, 11) is 0. The lowest BCUT2D eigenvalue weighted by atomic mass is 10.2. The molecule has 0 aliphatic heterocycles. The van der Waals surface area contributed by atoms with Crippen molar-refractivity contribution < 1.29 is 9.63 Å². The second-order valence-electron chi connectivity index (χ2n) is 2.54. The van der Waals surface area contributed by atoms with Crippen molar-refractivity contribution in [2.45, 2.75) is 6.92 Å². The molecule has 0 bridgehead atoms. The number of nitrogens with zero attached hydrogens (tertiary/aromatic N) is 3. The molecule has 0 aliphatic carbocycles. The van der Waals surface area contributed by atoms with E-state index in [9.17, 15) is 5.11 Å². The molecule has 2 rings (SSSR count). The highest BCUT2D eigenvalue weighted by molar-refractivity contribution is 5.60. The summed E-state index contributed by atoms with van der Waals surface area (Å²) in [6, 6.07) is 1.61. The third kappa shape index (κ3) is 1.35. The van der Waals surface area contributed by atoms with Crippen molar-refractivity contribution in [1.29, 1.82) is 0 Å². The second-order valence-corrected chi connectivity index (χ2v) is 2.54. The molecule has 0 amide bonds. The Morgan fingerprint density at radius 1 is 1.46 bits per heavy atom. The van der Waals surface area contributed by atoms with Crippen LogP contribution >= 0.6 is 0 Å². The topological polar surface area (TPSA) is 72.0 Å². The van der Waals surface area contributed by atoms with E-state index in [1.807, 2.05) is 0 Å². The Morgan fingerprint density at radius 3 is 2.92 bits per heavy atom. The molecule has 0 aromatic carbocycles. The summed E-state index contributed by atoms with van der Waals surface area (Å²) >= 11 is 0. The van der Waals surface area contributed by atoms with Gasteiger partial charge < -0.3 is 9.63 Å². The van der Waals surface area contributed by atoms with Gasteiger partial charge in [-0.2, -0.15) is 4.98 Å². The lowest BCUT2D eigenvalue weighted by Crippen LogP contribution is -1.80. The van der Waals surface area contributed by atoms with E-state index in [2.05, 4.69) is 15.1 Å². The fourth-order valence-corrected chi connectivity index (χ4v) is 0.973. The van der Waals surface area contributed by atoms with Crippen LogP contribution < -0.4 is 0 Å². The highest BCUT2D eigenvalue weighted by Crippen LogP contribution is 2.25. The van der Waals surface area contributed by atoms with Crippen LogP contribution in [0.3, 0.4) is 0 Å². The molecule has 0 aliphatic rings. The molecule has 1 N–H and O–H groups in total. The number of aryl methyl sites for hydroxylation is 1. The van der Waals surface area contributed by atoms with Gasteiger partial charge in [0, 0.05) is 6.20 Å². The molecule has 2 aromatic rings. The molecule has 0 fully saturated rings. The van der Waals surface area contributed by atoms with Crippen LogP contribution in [0, 0.1) is 6.92 Å². The van der Waals surface area contributed by atoms with Crippen LogP contribution in [0.15, 0.2) is 23.0 Å². The normalized spacial score (nSPS) is 10.2. The van der Waals surface area contributed by atoms with E-state index >= 15 is 0 Å². The zero-order chi connectivity index (χ0) is 9.26. The van der Waals surface area contributed by atoms with Crippen LogP contribution in [0.5, 0.6) is 5.75 Å². The molecule has 0 saturated carbocycles. The van der Waals surface area contributed by atoms with E-state index in [1.165, 1.54) is 6.20 Å². The number of hydrogen-bond donors (Lipinski definition) is 1. The molecule has 0 radical (unpaired) electrons. The Hall–Kier alpha value is -1.91. The molecule has 2 aromatic heterocycles. The Labute approximate surface area is 74.1 Å². The Kier molecular flexibility index (Phi) is 1.70. The van der Waals surface area contributed by atoms with Gasteiger partial charge in [0.1, 0.15) is 5.75 Å². The van der Waals surface area contributed by atoms with E-state index in [0.717, 1.165) is 0 Å². The van der Waals surface area contributed by atoms with Gasteiger partial charge in [-0.1, -0.05) is 5.16 Å². The first-order valence-corrected chi connectivity index (χ1v) is 3.71. The van der Waals surface area contributed by atoms with E-state index in [4.69, 9.17) is 4.52 Å². The molecule has 5 nitrogen and oxygen atoms in total. The van der Waals surface area contributed by atoms with Gasteiger partial charge in [0.25, 0.3) is 5.89 Å². The van der Waals surface area contributed by atoms with Gasteiger partial charge in [0.2, 0.25) is 0 Å². The van der Waals surface area contributed by atoms with Crippen molar-refractivity contribution in [1.82, 2.24) is 15.1 Å². The smallest absolute Gasteiger partial charge is 0.261 e. The summed E-state index contributed by atoms with van der Waals surface area (Å²) in [5, 5.41) is 13.0. The first-order chi connectivity index (χ1) is 6.27. The van der Waals surface area contributed by atoms with Crippen molar-refractivity contribution in [2.75, 3.05) is 0 Å². The fraction of sp³-hybridized carbons (Fsp3) is 0.125. The summed E-state index contributed by atoms with van der Waals surface area (Å²) in [5.41, 5.74) is 0.496. The van der Waals surface area contributed by atoms with Gasteiger partial charge in [-0.3, -0.25) is 4.98 Å². The lowest BCUT2D eigenvalue weighted by Gasteiger charge is -1.95. The molecule has 0 spiro atoms. The van der Waals surface area contributed by atoms with Crippen molar-refractivity contribution in [2.24, 2.45) is 0 Å². The van der Waals surface area contributed by atoms with Crippen LogP contribution in [0.4, 0.5) is 0 Å².